The Morgan fingerprint density at radius 1 is 0.958 bits per heavy atom. The fourth-order valence-corrected chi connectivity index (χ4v) is 3.46. The van der Waals surface area contributed by atoms with Gasteiger partial charge in [-0.15, -0.1) is 0 Å². The number of aryl methyl sites for hydroxylation is 2. The van der Waals surface area contributed by atoms with Gasteiger partial charge in [0.1, 0.15) is 11.6 Å². The van der Waals surface area contributed by atoms with E-state index >= 15 is 0 Å². The van der Waals surface area contributed by atoms with Crippen LogP contribution in [0.2, 0.25) is 0 Å². The van der Waals surface area contributed by atoms with Crippen molar-refractivity contribution in [2.75, 3.05) is 26.2 Å². The Hall–Kier alpha value is -1.78. The molecule has 4 heteroatoms. The van der Waals surface area contributed by atoms with Crippen LogP contribution in [-0.2, 0) is 0 Å². The van der Waals surface area contributed by atoms with Crippen molar-refractivity contribution in [2.24, 2.45) is 0 Å². The first-order chi connectivity index (χ1) is 11.6. The standard InChI is InChI=1S/C20H24F2N2/c1-14-4-5-15(2)18(12-14)20(24-10-3-8-23-9-11-24)17-7-6-16(21)13-19(17)22/h4-7,12-13,20,23H,3,8-11H2,1-2H3. The van der Waals surface area contributed by atoms with Crippen LogP contribution in [0.25, 0.3) is 0 Å². The molecule has 1 aliphatic heterocycles. The fourth-order valence-electron chi connectivity index (χ4n) is 3.46. The van der Waals surface area contributed by atoms with Crippen LogP contribution >= 0.6 is 0 Å². The minimum Gasteiger partial charge on any atom is -0.315 e. The third-order valence-electron chi connectivity index (χ3n) is 4.73. The molecule has 3 rings (SSSR count). The predicted molar refractivity (Wildman–Crippen MR) is 93.2 cm³/mol. The number of nitrogens with one attached hydrogen (secondary N) is 1. The SMILES string of the molecule is Cc1ccc(C)c(C(c2ccc(F)cc2F)N2CCCNCC2)c1. The van der Waals surface area contributed by atoms with Crippen molar-refractivity contribution < 1.29 is 8.78 Å². The van der Waals surface area contributed by atoms with Crippen molar-refractivity contribution in [3.63, 3.8) is 0 Å². The third-order valence-corrected chi connectivity index (χ3v) is 4.73. The van der Waals surface area contributed by atoms with E-state index in [1.807, 2.05) is 6.92 Å². The summed E-state index contributed by atoms with van der Waals surface area (Å²) in [6.07, 6.45) is 1.02. The molecule has 1 aliphatic rings. The number of hydrogen-bond donors (Lipinski definition) is 1. The zero-order chi connectivity index (χ0) is 17.1. The summed E-state index contributed by atoms with van der Waals surface area (Å²) in [5.74, 6) is -1.01. The van der Waals surface area contributed by atoms with Crippen LogP contribution in [0.5, 0.6) is 0 Å². The van der Waals surface area contributed by atoms with Gasteiger partial charge in [0.2, 0.25) is 0 Å². The quantitative estimate of drug-likeness (QED) is 0.916. The van der Waals surface area contributed by atoms with Crippen LogP contribution in [0.15, 0.2) is 36.4 Å². The summed E-state index contributed by atoms with van der Waals surface area (Å²) in [6, 6.07) is 10.0. The van der Waals surface area contributed by atoms with Crippen LogP contribution in [0.3, 0.4) is 0 Å². The second kappa shape index (κ2) is 7.41. The lowest BCUT2D eigenvalue weighted by Crippen LogP contribution is -2.34. The Bertz CT molecular complexity index is 707. The van der Waals surface area contributed by atoms with E-state index in [1.54, 1.807) is 6.07 Å². The lowest BCUT2D eigenvalue weighted by atomic mass is 9.91. The van der Waals surface area contributed by atoms with Gasteiger partial charge in [0.05, 0.1) is 6.04 Å². The molecule has 1 heterocycles. The lowest BCUT2D eigenvalue weighted by molar-refractivity contribution is 0.236. The molecule has 0 saturated carbocycles. The summed E-state index contributed by atoms with van der Waals surface area (Å²) >= 11 is 0. The molecule has 0 radical (unpaired) electrons. The summed E-state index contributed by atoms with van der Waals surface area (Å²) < 4.78 is 28.0. The molecule has 24 heavy (non-hydrogen) atoms. The largest absolute Gasteiger partial charge is 0.315 e. The van der Waals surface area contributed by atoms with Gasteiger partial charge in [-0.2, -0.15) is 0 Å². The molecule has 2 nitrogen and oxygen atoms in total. The van der Waals surface area contributed by atoms with Crippen molar-refractivity contribution in [1.29, 1.82) is 0 Å². The maximum absolute atomic E-state index is 14.6. The maximum atomic E-state index is 14.6. The molecule has 1 fully saturated rings. The van der Waals surface area contributed by atoms with Crippen LogP contribution in [0, 0.1) is 25.5 Å². The number of hydrogen-bond acceptors (Lipinski definition) is 2. The number of nitrogens with zero attached hydrogens (tertiary/aromatic N) is 1. The summed E-state index contributed by atoms with van der Waals surface area (Å²) in [4.78, 5) is 2.30. The first-order valence-electron chi connectivity index (χ1n) is 8.53. The first-order valence-corrected chi connectivity index (χ1v) is 8.53. The van der Waals surface area contributed by atoms with Crippen molar-refractivity contribution in [1.82, 2.24) is 10.2 Å². The van der Waals surface area contributed by atoms with Crippen LogP contribution < -0.4 is 5.32 Å². The van der Waals surface area contributed by atoms with E-state index in [1.165, 1.54) is 6.07 Å². The third kappa shape index (κ3) is 3.65. The van der Waals surface area contributed by atoms with E-state index < -0.39 is 11.6 Å². The zero-order valence-electron chi connectivity index (χ0n) is 14.3. The molecule has 0 aliphatic carbocycles. The molecular formula is C20H24F2N2. The zero-order valence-corrected chi connectivity index (χ0v) is 14.3. The molecule has 0 spiro atoms. The van der Waals surface area contributed by atoms with Gasteiger partial charge in [-0.05, 0) is 44.0 Å². The molecule has 1 atom stereocenters. The van der Waals surface area contributed by atoms with Crippen LogP contribution in [-0.4, -0.2) is 31.1 Å². The van der Waals surface area contributed by atoms with E-state index in [0.29, 0.717) is 5.56 Å². The summed E-state index contributed by atoms with van der Waals surface area (Å²) in [5.41, 5.74) is 3.93. The molecule has 128 valence electrons. The normalized spacial score (nSPS) is 17.5. The van der Waals surface area contributed by atoms with Crippen molar-refractivity contribution >= 4 is 0 Å². The minimum atomic E-state index is -0.534. The van der Waals surface area contributed by atoms with Crippen molar-refractivity contribution in [3.05, 3.63) is 70.3 Å². The Morgan fingerprint density at radius 3 is 2.58 bits per heavy atom. The Kier molecular flexibility index (Phi) is 5.27. The van der Waals surface area contributed by atoms with Gasteiger partial charge in [0, 0.05) is 31.3 Å². The Labute approximate surface area is 142 Å². The van der Waals surface area contributed by atoms with Gasteiger partial charge in [0.15, 0.2) is 0 Å². The summed E-state index contributed by atoms with van der Waals surface area (Å²) in [7, 11) is 0. The highest BCUT2D eigenvalue weighted by Crippen LogP contribution is 2.33. The monoisotopic (exact) mass is 330 g/mol. The molecule has 0 aromatic heterocycles. The minimum absolute atomic E-state index is 0.189. The number of halogens is 2. The van der Waals surface area contributed by atoms with Gasteiger partial charge >= 0.3 is 0 Å². The Balaban J connectivity index is 2.10. The smallest absolute Gasteiger partial charge is 0.131 e. The van der Waals surface area contributed by atoms with Crippen molar-refractivity contribution in [3.8, 4) is 0 Å². The molecule has 1 unspecified atom stereocenters. The molecule has 0 amide bonds. The molecule has 2 aromatic carbocycles. The second-order valence-electron chi connectivity index (χ2n) is 6.57. The number of benzene rings is 2. The molecule has 1 saturated heterocycles. The summed E-state index contributed by atoms with van der Waals surface area (Å²) in [6.45, 7) is 7.69. The van der Waals surface area contributed by atoms with Gasteiger partial charge in [-0.25, -0.2) is 8.78 Å². The van der Waals surface area contributed by atoms with Crippen molar-refractivity contribution in [2.45, 2.75) is 26.3 Å². The maximum Gasteiger partial charge on any atom is 0.131 e. The van der Waals surface area contributed by atoms with E-state index in [4.69, 9.17) is 0 Å². The van der Waals surface area contributed by atoms with Gasteiger partial charge in [0.25, 0.3) is 0 Å². The predicted octanol–water partition coefficient (Wildman–Crippen LogP) is 3.97. The van der Waals surface area contributed by atoms with Crippen LogP contribution in [0.4, 0.5) is 8.78 Å². The average molecular weight is 330 g/mol. The second-order valence-corrected chi connectivity index (χ2v) is 6.57. The lowest BCUT2D eigenvalue weighted by Gasteiger charge is -2.32. The van der Waals surface area contributed by atoms with Gasteiger partial charge < -0.3 is 5.32 Å². The van der Waals surface area contributed by atoms with Gasteiger partial charge in [-0.3, -0.25) is 4.90 Å². The molecular weight excluding hydrogens is 306 g/mol. The highest BCUT2D eigenvalue weighted by molar-refractivity contribution is 5.40. The Morgan fingerprint density at radius 2 is 1.79 bits per heavy atom. The summed E-state index contributed by atoms with van der Waals surface area (Å²) in [5, 5.41) is 3.39. The topological polar surface area (TPSA) is 15.3 Å². The molecule has 1 N–H and O–H groups in total. The average Bonchev–Trinajstić information content (AvgIpc) is 2.82. The van der Waals surface area contributed by atoms with E-state index in [2.05, 4.69) is 35.3 Å². The van der Waals surface area contributed by atoms with Gasteiger partial charge in [-0.1, -0.05) is 29.8 Å². The van der Waals surface area contributed by atoms with E-state index in [-0.39, 0.29) is 6.04 Å². The number of rotatable bonds is 3. The highest BCUT2D eigenvalue weighted by Gasteiger charge is 2.27. The van der Waals surface area contributed by atoms with E-state index in [0.717, 1.165) is 55.4 Å². The fraction of sp³-hybridized carbons (Fsp3) is 0.400. The van der Waals surface area contributed by atoms with Crippen LogP contribution in [0.1, 0.15) is 34.7 Å². The first kappa shape index (κ1) is 17.1. The molecule has 0 bridgehead atoms. The molecule has 2 aromatic rings. The van der Waals surface area contributed by atoms with E-state index in [9.17, 15) is 8.78 Å². The highest BCUT2D eigenvalue weighted by atomic mass is 19.1.